The van der Waals surface area contributed by atoms with Gasteiger partial charge in [-0.05, 0) is 47.5 Å². The van der Waals surface area contributed by atoms with Gasteiger partial charge in [-0.2, -0.15) is 5.10 Å². The van der Waals surface area contributed by atoms with Crippen LogP contribution in [0.2, 0.25) is 10.0 Å². The molecule has 3 aromatic rings. The number of carbonyl (C=O) groups excluding carboxylic acids is 1. The van der Waals surface area contributed by atoms with E-state index >= 15 is 0 Å². The molecule has 0 fully saturated rings. The van der Waals surface area contributed by atoms with Gasteiger partial charge in [0, 0.05) is 28.1 Å². The number of benzene rings is 3. The molecule has 0 aliphatic carbocycles. The van der Waals surface area contributed by atoms with Crippen LogP contribution in [0.3, 0.4) is 0 Å². The predicted octanol–water partition coefficient (Wildman–Crippen LogP) is 6.09. The molecule has 0 saturated carbocycles. The second-order valence-electron chi connectivity index (χ2n) is 6.90. The van der Waals surface area contributed by atoms with E-state index in [9.17, 15) is 9.90 Å². The van der Waals surface area contributed by atoms with Crippen molar-refractivity contribution in [1.29, 1.82) is 0 Å². The maximum absolute atomic E-state index is 13.0. The Morgan fingerprint density at radius 2 is 1.60 bits per heavy atom. The zero-order valence-electron chi connectivity index (χ0n) is 15.9. The molecule has 3 aromatic carbocycles. The van der Waals surface area contributed by atoms with Crippen LogP contribution in [-0.2, 0) is 4.79 Å². The van der Waals surface area contributed by atoms with Crippen LogP contribution >= 0.6 is 23.2 Å². The largest absolute Gasteiger partial charge is 0.508 e. The third-order valence-electron chi connectivity index (χ3n) is 4.90. The van der Waals surface area contributed by atoms with Gasteiger partial charge >= 0.3 is 0 Å². The molecule has 1 heterocycles. The third kappa shape index (κ3) is 4.40. The Morgan fingerprint density at radius 3 is 2.27 bits per heavy atom. The summed E-state index contributed by atoms with van der Waals surface area (Å²) in [6.45, 7) is 0. The average molecular weight is 437 g/mol. The minimum Gasteiger partial charge on any atom is -0.508 e. The lowest BCUT2D eigenvalue weighted by Crippen LogP contribution is -2.25. The molecule has 0 aromatic heterocycles. The zero-order valence-corrected chi connectivity index (χ0v) is 17.4. The molecule has 1 unspecified atom stereocenters. The normalized spacial score (nSPS) is 16.1. The Kier molecular flexibility index (Phi) is 5.88. The van der Waals surface area contributed by atoms with Gasteiger partial charge in [-0.3, -0.25) is 4.79 Å². The predicted molar refractivity (Wildman–Crippen MR) is 121 cm³/mol. The molecule has 0 spiro atoms. The lowest BCUT2D eigenvalue weighted by molar-refractivity contribution is -0.127. The summed E-state index contributed by atoms with van der Waals surface area (Å²) in [5.74, 6) is -0.142. The molecule has 30 heavy (non-hydrogen) atoms. The first kappa shape index (κ1) is 20.2. The first-order valence-corrected chi connectivity index (χ1v) is 10.1. The topological polar surface area (TPSA) is 52.9 Å². The number of carbonyl (C=O) groups is 1. The molecule has 0 saturated heterocycles. The lowest BCUT2D eigenvalue weighted by atomic mass is 9.97. The van der Waals surface area contributed by atoms with Crippen molar-refractivity contribution in [2.45, 2.75) is 12.5 Å². The fourth-order valence-corrected chi connectivity index (χ4v) is 3.61. The summed E-state index contributed by atoms with van der Waals surface area (Å²) in [6, 6.07) is 21.1. The standard InChI is InChI=1S/C24H18Cl2N2O2/c25-18-10-5-16(6-11-18)7-14-24(30)28-22(20-3-1-2-4-23(20)29)15-21(27-28)17-8-12-19(26)13-9-17/h1-14,22,29H,15H2/b14-7+. The van der Waals surface area contributed by atoms with Gasteiger partial charge in [0.15, 0.2) is 0 Å². The van der Waals surface area contributed by atoms with Crippen molar-refractivity contribution in [1.82, 2.24) is 5.01 Å². The second kappa shape index (κ2) is 8.74. The van der Waals surface area contributed by atoms with E-state index in [1.807, 2.05) is 36.4 Å². The van der Waals surface area contributed by atoms with Crippen molar-refractivity contribution in [3.8, 4) is 5.75 Å². The molecule has 0 radical (unpaired) electrons. The molecule has 1 aliphatic heterocycles. The van der Waals surface area contributed by atoms with Crippen molar-refractivity contribution < 1.29 is 9.90 Å². The van der Waals surface area contributed by atoms with Gasteiger partial charge in [0.25, 0.3) is 5.91 Å². The van der Waals surface area contributed by atoms with E-state index in [1.165, 1.54) is 11.1 Å². The van der Waals surface area contributed by atoms with Gasteiger partial charge in [0.1, 0.15) is 5.75 Å². The van der Waals surface area contributed by atoms with Crippen molar-refractivity contribution in [3.05, 3.63) is 106 Å². The van der Waals surface area contributed by atoms with Crippen LogP contribution in [0.15, 0.2) is 84.0 Å². The average Bonchev–Trinajstić information content (AvgIpc) is 3.19. The van der Waals surface area contributed by atoms with Crippen LogP contribution in [0.25, 0.3) is 6.08 Å². The molecule has 1 atom stereocenters. The number of nitrogens with zero attached hydrogens (tertiary/aromatic N) is 2. The Morgan fingerprint density at radius 1 is 0.967 bits per heavy atom. The van der Waals surface area contributed by atoms with Crippen LogP contribution in [-0.4, -0.2) is 21.7 Å². The smallest absolute Gasteiger partial charge is 0.267 e. The van der Waals surface area contributed by atoms with E-state index in [1.54, 1.807) is 42.5 Å². The maximum Gasteiger partial charge on any atom is 0.267 e. The number of para-hydroxylation sites is 1. The molecule has 1 aliphatic rings. The number of rotatable bonds is 4. The van der Waals surface area contributed by atoms with Gasteiger partial charge < -0.3 is 5.11 Å². The number of aromatic hydroxyl groups is 1. The first-order valence-electron chi connectivity index (χ1n) is 9.39. The quantitative estimate of drug-likeness (QED) is 0.502. The molecule has 0 bridgehead atoms. The molecular formula is C24H18Cl2N2O2. The fraction of sp³-hybridized carbons (Fsp3) is 0.0833. The first-order chi connectivity index (χ1) is 14.5. The summed E-state index contributed by atoms with van der Waals surface area (Å²) in [5, 5.41) is 17.6. The van der Waals surface area contributed by atoms with Crippen molar-refractivity contribution >= 4 is 40.9 Å². The van der Waals surface area contributed by atoms with Crippen molar-refractivity contribution in [3.63, 3.8) is 0 Å². The Bertz CT molecular complexity index is 1120. The highest BCUT2D eigenvalue weighted by atomic mass is 35.5. The number of amides is 1. The molecule has 4 nitrogen and oxygen atoms in total. The molecule has 4 rings (SSSR count). The number of phenols is 1. The monoisotopic (exact) mass is 436 g/mol. The van der Waals surface area contributed by atoms with Crippen LogP contribution in [0.5, 0.6) is 5.75 Å². The molecule has 1 amide bonds. The van der Waals surface area contributed by atoms with Crippen LogP contribution in [0.4, 0.5) is 0 Å². The minimum absolute atomic E-state index is 0.134. The van der Waals surface area contributed by atoms with Gasteiger partial charge in [-0.1, -0.05) is 65.7 Å². The minimum atomic E-state index is -0.403. The summed E-state index contributed by atoms with van der Waals surface area (Å²) in [7, 11) is 0. The Labute approximate surface area is 184 Å². The number of hydrogen-bond acceptors (Lipinski definition) is 3. The van der Waals surface area contributed by atoms with Crippen molar-refractivity contribution in [2.75, 3.05) is 0 Å². The maximum atomic E-state index is 13.0. The summed E-state index contributed by atoms with van der Waals surface area (Å²) < 4.78 is 0. The highest BCUT2D eigenvalue weighted by Gasteiger charge is 2.33. The molecule has 6 heteroatoms. The van der Waals surface area contributed by atoms with E-state index in [2.05, 4.69) is 5.10 Å². The number of phenolic OH excluding ortho intramolecular Hbond substituents is 1. The van der Waals surface area contributed by atoms with Gasteiger partial charge in [0.05, 0.1) is 11.8 Å². The second-order valence-corrected chi connectivity index (χ2v) is 7.77. The number of halogens is 2. The van der Waals surface area contributed by atoms with Crippen molar-refractivity contribution in [2.24, 2.45) is 5.10 Å². The van der Waals surface area contributed by atoms with Crippen LogP contribution in [0.1, 0.15) is 29.2 Å². The van der Waals surface area contributed by atoms with E-state index in [0.717, 1.165) is 16.8 Å². The van der Waals surface area contributed by atoms with Crippen LogP contribution in [0, 0.1) is 0 Å². The highest BCUT2D eigenvalue weighted by Crippen LogP contribution is 2.37. The zero-order chi connectivity index (χ0) is 21.1. The Hall–Kier alpha value is -3.08. The number of hydrogen-bond donors (Lipinski definition) is 1. The molecular weight excluding hydrogens is 419 g/mol. The highest BCUT2D eigenvalue weighted by molar-refractivity contribution is 6.31. The van der Waals surface area contributed by atoms with Gasteiger partial charge in [-0.25, -0.2) is 5.01 Å². The summed E-state index contributed by atoms with van der Waals surface area (Å²) in [4.78, 5) is 13.0. The number of hydrazone groups is 1. The molecule has 1 N–H and O–H groups in total. The summed E-state index contributed by atoms with van der Waals surface area (Å²) in [6.07, 6.45) is 3.68. The van der Waals surface area contributed by atoms with E-state index < -0.39 is 6.04 Å². The Balaban J connectivity index is 1.66. The van der Waals surface area contributed by atoms with E-state index in [0.29, 0.717) is 22.0 Å². The SMILES string of the molecule is O=C(/C=C/c1ccc(Cl)cc1)N1N=C(c2ccc(Cl)cc2)CC1c1ccccc1O. The third-order valence-corrected chi connectivity index (χ3v) is 5.40. The summed E-state index contributed by atoms with van der Waals surface area (Å²) in [5.41, 5.74) is 3.15. The van der Waals surface area contributed by atoms with E-state index in [-0.39, 0.29) is 11.7 Å². The van der Waals surface area contributed by atoms with E-state index in [4.69, 9.17) is 23.2 Å². The fourth-order valence-electron chi connectivity index (χ4n) is 3.36. The van der Waals surface area contributed by atoms with Gasteiger partial charge in [0.2, 0.25) is 0 Å². The lowest BCUT2D eigenvalue weighted by Gasteiger charge is -2.21. The molecule has 150 valence electrons. The van der Waals surface area contributed by atoms with Crippen LogP contribution < -0.4 is 0 Å². The van der Waals surface area contributed by atoms with Gasteiger partial charge in [-0.15, -0.1) is 0 Å². The summed E-state index contributed by atoms with van der Waals surface area (Å²) >= 11 is 11.9.